The first kappa shape index (κ1) is 15.7. The maximum Gasteiger partial charge on any atom is 0.159 e. The Balaban J connectivity index is 1.52. The summed E-state index contributed by atoms with van der Waals surface area (Å²) in [6.07, 6.45) is 1.22. The van der Waals surface area contributed by atoms with Gasteiger partial charge in [0.2, 0.25) is 0 Å². The summed E-state index contributed by atoms with van der Waals surface area (Å²) in [5.41, 5.74) is 5.10. The van der Waals surface area contributed by atoms with Crippen molar-refractivity contribution in [3.05, 3.63) is 52.0 Å². The number of fused-ring (bicyclic) bond motifs is 1. The minimum Gasteiger partial charge on any atom is -0.378 e. The Morgan fingerprint density at radius 1 is 1.04 bits per heavy atom. The molecule has 1 N–H and O–H groups in total. The van der Waals surface area contributed by atoms with Crippen molar-refractivity contribution in [2.45, 2.75) is 18.4 Å². The van der Waals surface area contributed by atoms with E-state index in [1.54, 1.807) is 11.3 Å². The maximum atomic E-state index is 5.24. The van der Waals surface area contributed by atoms with Crippen LogP contribution in [0.4, 0.5) is 11.4 Å². The zero-order chi connectivity index (χ0) is 16.8. The van der Waals surface area contributed by atoms with E-state index in [9.17, 15) is 0 Å². The summed E-state index contributed by atoms with van der Waals surface area (Å²) < 4.78 is 2.08. The third kappa shape index (κ3) is 2.82. The fourth-order valence-electron chi connectivity index (χ4n) is 3.33. The van der Waals surface area contributed by atoms with Crippen molar-refractivity contribution in [2.75, 3.05) is 30.9 Å². The number of H-pyrrole nitrogens is 1. The Morgan fingerprint density at radius 2 is 1.75 bits per heavy atom. The molecule has 1 aliphatic carbocycles. The summed E-state index contributed by atoms with van der Waals surface area (Å²) in [5, 5.41) is 0. The second-order valence-electron chi connectivity index (χ2n) is 6.70. The first-order valence-corrected chi connectivity index (χ1v) is 9.38. The average molecular weight is 356 g/mol. The molecule has 5 heteroatoms. The van der Waals surface area contributed by atoms with Crippen LogP contribution in [-0.2, 0) is 0 Å². The third-order valence-electron chi connectivity index (χ3n) is 4.90. The molecule has 1 aromatic heterocycles. The predicted molar refractivity (Wildman–Crippen MR) is 107 cm³/mol. The number of hydrogen-bond donors (Lipinski definition) is 1. The van der Waals surface area contributed by atoms with Crippen LogP contribution in [0.25, 0.3) is 10.2 Å². The molecule has 3 nitrogen and oxygen atoms in total. The van der Waals surface area contributed by atoms with E-state index in [0.29, 0.717) is 12.0 Å². The van der Waals surface area contributed by atoms with E-state index in [1.807, 2.05) is 0 Å². The van der Waals surface area contributed by atoms with Gasteiger partial charge in [0.15, 0.2) is 3.95 Å². The summed E-state index contributed by atoms with van der Waals surface area (Å²) >= 11 is 6.89. The van der Waals surface area contributed by atoms with Crippen LogP contribution in [0.5, 0.6) is 0 Å². The van der Waals surface area contributed by atoms with Crippen molar-refractivity contribution in [3.8, 4) is 0 Å². The molecule has 0 amide bonds. The Hall–Kier alpha value is -1.85. The molecule has 2 atom stereocenters. The number of anilines is 2. The number of rotatable bonds is 4. The largest absolute Gasteiger partial charge is 0.378 e. The van der Waals surface area contributed by atoms with E-state index in [0.717, 1.165) is 9.47 Å². The number of nitrogens with zero attached hydrogens (tertiary/aromatic N) is 2. The lowest BCUT2D eigenvalue weighted by molar-refractivity contribution is 0.881. The van der Waals surface area contributed by atoms with Crippen LogP contribution in [0, 0.1) is 3.95 Å². The van der Waals surface area contributed by atoms with Gasteiger partial charge >= 0.3 is 0 Å². The van der Waals surface area contributed by atoms with Gasteiger partial charge in [-0.25, -0.2) is 0 Å². The highest BCUT2D eigenvalue weighted by molar-refractivity contribution is 7.73. The van der Waals surface area contributed by atoms with E-state index >= 15 is 0 Å². The smallest absolute Gasteiger partial charge is 0.159 e. The van der Waals surface area contributed by atoms with Gasteiger partial charge in [-0.2, -0.15) is 0 Å². The molecule has 24 heavy (non-hydrogen) atoms. The van der Waals surface area contributed by atoms with Gasteiger partial charge in [0.1, 0.15) is 0 Å². The van der Waals surface area contributed by atoms with E-state index in [1.165, 1.54) is 28.1 Å². The number of thiazole rings is 1. The summed E-state index contributed by atoms with van der Waals surface area (Å²) in [6, 6.07) is 16.1. The molecule has 2 unspecified atom stereocenters. The molecule has 1 fully saturated rings. The van der Waals surface area contributed by atoms with Gasteiger partial charge in [-0.15, -0.1) is 11.3 Å². The van der Waals surface area contributed by atoms with Crippen molar-refractivity contribution in [2.24, 2.45) is 0 Å². The third-order valence-corrected chi connectivity index (χ3v) is 6.10. The molecule has 124 valence electrons. The molecule has 1 saturated carbocycles. The summed E-state index contributed by atoms with van der Waals surface area (Å²) in [5.74, 6) is 0.631. The zero-order valence-corrected chi connectivity index (χ0v) is 15.7. The van der Waals surface area contributed by atoms with Crippen LogP contribution in [0.15, 0.2) is 42.5 Å². The molecular formula is C19H21N3S2. The number of hydrogen-bond acceptors (Lipinski definition) is 4. The quantitative estimate of drug-likeness (QED) is 0.665. The molecule has 3 aromatic rings. The lowest BCUT2D eigenvalue weighted by atomic mass is 10.1. The second-order valence-corrected chi connectivity index (χ2v) is 8.42. The number of benzene rings is 2. The molecular weight excluding hydrogens is 334 g/mol. The zero-order valence-electron chi connectivity index (χ0n) is 14.1. The highest BCUT2D eigenvalue weighted by atomic mass is 32.1. The normalized spacial score (nSPS) is 19.5. The topological polar surface area (TPSA) is 22.3 Å². The highest BCUT2D eigenvalue weighted by Gasteiger charge is 2.41. The summed E-state index contributed by atoms with van der Waals surface area (Å²) in [7, 11) is 6.36. The maximum absolute atomic E-state index is 5.24. The number of aromatic nitrogens is 1. The van der Waals surface area contributed by atoms with E-state index in [4.69, 9.17) is 12.2 Å². The SMILES string of the molecule is CN(C)c1ccc(C2CC2N(C)c2ccc3[nH]c(=S)sc3c2)cc1. The van der Waals surface area contributed by atoms with Crippen molar-refractivity contribution >= 4 is 45.1 Å². The molecule has 0 radical (unpaired) electrons. The molecule has 0 bridgehead atoms. The summed E-state index contributed by atoms with van der Waals surface area (Å²) in [4.78, 5) is 7.78. The fraction of sp³-hybridized carbons (Fsp3) is 0.316. The molecule has 2 aromatic carbocycles. The van der Waals surface area contributed by atoms with Gasteiger partial charge in [0, 0.05) is 44.5 Å². The predicted octanol–water partition coefficient (Wildman–Crippen LogP) is 5.02. The van der Waals surface area contributed by atoms with E-state index in [2.05, 4.69) is 78.4 Å². The van der Waals surface area contributed by atoms with E-state index < -0.39 is 0 Å². The Morgan fingerprint density at radius 3 is 2.46 bits per heavy atom. The lowest BCUT2D eigenvalue weighted by Gasteiger charge is -2.20. The minimum absolute atomic E-state index is 0.583. The lowest BCUT2D eigenvalue weighted by Crippen LogP contribution is -2.20. The Bertz CT molecular complexity index is 924. The Kier molecular flexibility index (Phi) is 3.85. The highest BCUT2D eigenvalue weighted by Crippen LogP contribution is 2.46. The van der Waals surface area contributed by atoms with Gasteiger partial charge < -0.3 is 14.8 Å². The number of likely N-dealkylation sites (N-methyl/N-ethyl adjacent to an activating group) is 1. The molecule has 1 heterocycles. The van der Waals surface area contributed by atoms with Crippen LogP contribution in [0.2, 0.25) is 0 Å². The molecule has 0 saturated heterocycles. The molecule has 0 aliphatic heterocycles. The Labute approximate surface area is 151 Å². The van der Waals surface area contributed by atoms with Crippen LogP contribution in [-0.4, -0.2) is 32.2 Å². The average Bonchev–Trinajstić information content (AvgIpc) is 3.28. The van der Waals surface area contributed by atoms with Gasteiger partial charge in [-0.1, -0.05) is 12.1 Å². The first-order chi connectivity index (χ1) is 11.5. The van der Waals surface area contributed by atoms with E-state index in [-0.39, 0.29) is 0 Å². The van der Waals surface area contributed by atoms with Crippen LogP contribution in [0.3, 0.4) is 0 Å². The standard InChI is InChI=1S/C19H21N3S2/c1-21(2)13-6-4-12(5-7-13)15-11-17(15)22(3)14-8-9-16-18(10-14)24-19(23)20-16/h4-10,15,17H,11H2,1-3H3,(H,20,23). The van der Waals surface area contributed by atoms with Gasteiger partial charge in [0.05, 0.1) is 10.2 Å². The van der Waals surface area contributed by atoms with Crippen LogP contribution < -0.4 is 9.80 Å². The van der Waals surface area contributed by atoms with Gasteiger partial charge in [-0.05, 0) is 54.5 Å². The first-order valence-electron chi connectivity index (χ1n) is 8.16. The monoisotopic (exact) mass is 355 g/mol. The van der Waals surface area contributed by atoms with Crippen LogP contribution >= 0.6 is 23.6 Å². The number of nitrogens with one attached hydrogen (secondary N) is 1. The van der Waals surface area contributed by atoms with Crippen LogP contribution in [0.1, 0.15) is 17.9 Å². The van der Waals surface area contributed by atoms with Crippen molar-refractivity contribution in [3.63, 3.8) is 0 Å². The van der Waals surface area contributed by atoms with Gasteiger partial charge in [0.25, 0.3) is 0 Å². The molecule has 1 aliphatic rings. The number of aromatic amines is 1. The van der Waals surface area contributed by atoms with Crippen molar-refractivity contribution in [1.82, 2.24) is 4.98 Å². The summed E-state index contributed by atoms with van der Waals surface area (Å²) in [6.45, 7) is 0. The fourth-order valence-corrected chi connectivity index (χ4v) is 4.48. The second kappa shape index (κ2) is 5.90. The van der Waals surface area contributed by atoms with Gasteiger partial charge in [-0.3, -0.25) is 0 Å². The molecule has 4 rings (SSSR count). The minimum atomic E-state index is 0.583. The molecule has 0 spiro atoms. The van der Waals surface area contributed by atoms with Crippen molar-refractivity contribution < 1.29 is 0 Å². The van der Waals surface area contributed by atoms with Crippen molar-refractivity contribution in [1.29, 1.82) is 0 Å².